The number of hydrogen-bond donors (Lipinski definition) is 2. The van der Waals surface area contributed by atoms with Crippen molar-refractivity contribution in [1.82, 2.24) is 4.57 Å². The zero-order chi connectivity index (χ0) is 19.1. The molecular weight excluding hydrogens is 376 g/mol. The van der Waals surface area contributed by atoms with Crippen molar-refractivity contribution in [3.8, 4) is 0 Å². The molecule has 0 atom stereocenters. The minimum Gasteiger partial charge on any atom is -0.480 e. The van der Waals surface area contributed by atoms with Crippen LogP contribution in [0, 0.1) is 13.8 Å². The third-order valence-electron chi connectivity index (χ3n) is 4.08. The Balaban J connectivity index is 2.19. The Morgan fingerprint density at radius 1 is 1.15 bits per heavy atom. The van der Waals surface area contributed by atoms with Gasteiger partial charge in [-0.25, -0.2) is 8.42 Å². The number of aliphatic carboxylic acids is 1. The summed E-state index contributed by atoms with van der Waals surface area (Å²) in [5.41, 5.74) is 2.19. The van der Waals surface area contributed by atoms with Crippen molar-refractivity contribution in [1.29, 1.82) is 0 Å². The van der Waals surface area contributed by atoms with Crippen molar-refractivity contribution in [2.45, 2.75) is 25.3 Å². The number of carboxylic acid groups (broad SMARTS) is 1. The molecule has 26 heavy (non-hydrogen) atoms. The number of aromatic nitrogens is 1. The molecule has 1 heterocycles. The number of aryl methyl sites for hydroxylation is 1. The molecule has 136 valence electrons. The number of halogens is 1. The molecule has 0 unspecified atom stereocenters. The van der Waals surface area contributed by atoms with E-state index in [2.05, 4.69) is 4.72 Å². The topological polar surface area (TPSA) is 88.4 Å². The summed E-state index contributed by atoms with van der Waals surface area (Å²) in [7, 11) is -3.92. The summed E-state index contributed by atoms with van der Waals surface area (Å²) in [4.78, 5) is 11.3. The van der Waals surface area contributed by atoms with Crippen molar-refractivity contribution in [2.24, 2.45) is 0 Å². The fraction of sp³-hybridized carbons (Fsp3) is 0.167. The summed E-state index contributed by atoms with van der Waals surface area (Å²) >= 11 is 5.84. The Morgan fingerprint density at radius 2 is 1.81 bits per heavy atom. The molecule has 2 N–H and O–H groups in total. The van der Waals surface area contributed by atoms with Crippen LogP contribution in [0.2, 0.25) is 5.02 Å². The number of benzene rings is 2. The van der Waals surface area contributed by atoms with Crippen LogP contribution in [-0.2, 0) is 21.4 Å². The summed E-state index contributed by atoms with van der Waals surface area (Å²) in [5, 5.41) is 10.2. The van der Waals surface area contributed by atoms with Gasteiger partial charge in [0.05, 0.1) is 5.52 Å². The Kier molecular flexibility index (Phi) is 4.68. The van der Waals surface area contributed by atoms with E-state index in [0.717, 1.165) is 5.56 Å². The molecule has 0 spiro atoms. The van der Waals surface area contributed by atoms with Gasteiger partial charge in [-0.15, -0.1) is 0 Å². The summed E-state index contributed by atoms with van der Waals surface area (Å²) in [6, 6.07) is 11.6. The second-order valence-corrected chi connectivity index (χ2v) is 8.08. The lowest BCUT2D eigenvalue weighted by Crippen LogP contribution is -2.15. The number of nitrogens with one attached hydrogen (secondary N) is 1. The van der Waals surface area contributed by atoms with Gasteiger partial charge >= 0.3 is 5.97 Å². The van der Waals surface area contributed by atoms with Gasteiger partial charge in [0.1, 0.15) is 11.4 Å². The third-order valence-corrected chi connectivity index (χ3v) is 5.89. The standard InChI is InChI=1S/C18H17ClN2O4S/c1-11-3-8-16-15(9-11)18(12(2)21(16)10-17(22)23)26(24,25)20-14-6-4-13(19)5-7-14/h3-9,20H,10H2,1-2H3,(H,22,23). The van der Waals surface area contributed by atoms with Gasteiger partial charge in [0.2, 0.25) is 0 Å². The second-order valence-electron chi connectivity index (χ2n) is 6.03. The predicted octanol–water partition coefficient (Wildman–Crippen LogP) is 3.80. The zero-order valence-corrected chi connectivity index (χ0v) is 15.7. The third kappa shape index (κ3) is 3.40. The van der Waals surface area contributed by atoms with Gasteiger partial charge in [-0.05, 0) is 50.2 Å². The Labute approximate surface area is 156 Å². The fourth-order valence-electron chi connectivity index (χ4n) is 2.97. The molecule has 8 heteroatoms. The number of fused-ring (bicyclic) bond motifs is 1. The first-order chi connectivity index (χ1) is 12.2. The van der Waals surface area contributed by atoms with Crippen LogP contribution in [0.15, 0.2) is 47.4 Å². The second kappa shape index (κ2) is 6.66. The zero-order valence-electron chi connectivity index (χ0n) is 14.2. The normalized spacial score (nSPS) is 11.7. The molecule has 0 amide bonds. The van der Waals surface area contributed by atoms with E-state index < -0.39 is 16.0 Å². The number of anilines is 1. The number of rotatable bonds is 5. The van der Waals surface area contributed by atoms with Gasteiger partial charge in [0.25, 0.3) is 10.0 Å². The summed E-state index contributed by atoms with van der Waals surface area (Å²) in [5.74, 6) is -1.04. The van der Waals surface area contributed by atoms with E-state index in [1.165, 1.54) is 4.57 Å². The highest BCUT2D eigenvalue weighted by molar-refractivity contribution is 7.93. The first-order valence-corrected chi connectivity index (χ1v) is 9.65. The fourth-order valence-corrected chi connectivity index (χ4v) is 4.59. The lowest BCUT2D eigenvalue weighted by atomic mass is 10.2. The van der Waals surface area contributed by atoms with Crippen LogP contribution in [-0.4, -0.2) is 24.1 Å². The molecule has 0 radical (unpaired) electrons. The van der Waals surface area contributed by atoms with Gasteiger partial charge in [-0.3, -0.25) is 9.52 Å². The van der Waals surface area contributed by atoms with Crippen molar-refractivity contribution < 1.29 is 18.3 Å². The summed E-state index contributed by atoms with van der Waals surface area (Å²) < 4.78 is 30.1. The molecule has 0 fully saturated rings. The van der Waals surface area contributed by atoms with E-state index in [9.17, 15) is 18.3 Å². The molecule has 2 aromatic carbocycles. The number of hydrogen-bond acceptors (Lipinski definition) is 3. The van der Waals surface area contributed by atoms with Crippen LogP contribution in [0.4, 0.5) is 5.69 Å². The molecule has 0 aliphatic rings. The molecule has 3 aromatic rings. The maximum atomic E-state index is 13.0. The van der Waals surface area contributed by atoms with Crippen molar-refractivity contribution in [2.75, 3.05) is 4.72 Å². The highest BCUT2D eigenvalue weighted by Crippen LogP contribution is 2.32. The lowest BCUT2D eigenvalue weighted by molar-refractivity contribution is -0.137. The smallest absolute Gasteiger partial charge is 0.323 e. The van der Waals surface area contributed by atoms with E-state index >= 15 is 0 Å². The highest BCUT2D eigenvalue weighted by Gasteiger charge is 2.26. The number of carboxylic acids is 1. The molecule has 1 aromatic heterocycles. The number of sulfonamides is 1. The minimum absolute atomic E-state index is 0.0763. The Morgan fingerprint density at radius 3 is 2.42 bits per heavy atom. The Hall–Kier alpha value is -2.51. The van der Waals surface area contributed by atoms with E-state index in [1.807, 2.05) is 13.0 Å². The molecule has 0 saturated heterocycles. The summed E-state index contributed by atoms with van der Waals surface area (Å²) in [6.45, 7) is 3.14. The molecular formula is C18H17ClN2O4S. The molecule has 0 saturated carbocycles. The van der Waals surface area contributed by atoms with Crippen molar-refractivity contribution in [3.63, 3.8) is 0 Å². The molecule has 6 nitrogen and oxygen atoms in total. The van der Waals surface area contributed by atoms with Gasteiger partial charge in [-0.1, -0.05) is 23.2 Å². The molecule has 3 rings (SSSR count). The molecule has 0 aliphatic heterocycles. The van der Waals surface area contributed by atoms with Crippen molar-refractivity contribution >= 4 is 44.2 Å². The predicted molar refractivity (Wildman–Crippen MR) is 101 cm³/mol. The van der Waals surface area contributed by atoms with Crippen LogP contribution in [0.5, 0.6) is 0 Å². The highest BCUT2D eigenvalue weighted by atomic mass is 35.5. The molecule has 0 aliphatic carbocycles. The van der Waals surface area contributed by atoms with Crippen LogP contribution in [0.25, 0.3) is 10.9 Å². The summed E-state index contributed by atoms with van der Waals surface area (Å²) in [6.07, 6.45) is 0. The van der Waals surface area contributed by atoms with Gasteiger partial charge in [-0.2, -0.15) is 0 Å². The van der Waals surface area contributed by atoms with E-state index in [4.69, 9.17) is 11.6 Å². The first-order valence-electron chi connectivity index (χ1n) is 7.78. The SMILES string of the molecule is Cc1ccc2c(c1)c(S(=O)(=O)Nc1ccc(Cl)cc1)c(C)n2CC(=O)O. The van der Waals surface area contributed by atoms with E-state index in [-0.39, 0.29) is 11.4 Å². The van der Waals surface area contributed by atoms with Crippen LogP contribution in [0.3, 0.4) is 0 Å². The van der Waals surface area contributed by atoms with Crippen LogP contribution >= 0.6 is 11.6 Å². The Bertz CT molecular complexity index is 1100. The van der Waals surface area contributed by atoms with Gasteiger partial charge in [0.15, 0.2) is 0 Å². The minimum atomic E-state index is -3.92. The number of carbonyl (C=O) groups is 1. The average molecular weight is 393 g/mol. The number of nitrogens with zero attached hydrogens (tertiary/aromatic N) is 1. The van der Waals surface area contributed by atoms with Crippen LogP contribution in [0.1, 0.15) is 11.3 Å². The lowest BCUT2D eigenvalue weighted by Gasteiger charge is -2.09. The average Bonchev–Trinajstić information content (AvgIpc) is 2.81. The van der Waals surface area contributed by atoms with Gasteiger partial charge in [0, 0.05) is 21.8 Å². The quantitative estimate of drug-likeness (QED) is 0.691. The first kappa shape index (κ1) is 18.3. The maximum Gasteiger partial charge on any atom is 0.323 e. The molecule has 0 bridgehead atoms. The monoisotopic (exact) mass is 392 g/mol. The van der Waals surface area contributed by atoms with Gasteiger partial charge < -0.3 is 9.67 Å². The van der Waals surface area contributed by atoms with Crippen molar-refractivity contribution in [3.05, 3.63) is 58.7 Å². The van der Waals surface area contributed by atoms with Crippen LogP contribution < -0.4 is 4.72 Å². The van der Waals surface area contributed by atoms with E-state index in [1.54, 1.807) is 43.3 Å². The maximum absolute atomic E-state index is 13.0. The van der Waals surface area contributed by atoms with E-state index in [0.29, 0.717) is 27.3 Å². The largest absolute Gasteiger partial charge is 0.480 e.